The van der Waals surface area contributed by atoms with Gasteiger partial charge in [-0.05, 0) is 32.5 Å². The van der Waals surface area contributed by atoms with E-state index in [-0.39, 0.29) is 0 Å². The quantitative estimate of drug-likeness (QED) is 0.550. The molecule has 0 aromatic carbocycles. The van der Waals surface area contributed by atoms with Gasteiger partial charge in [0.15, 0.2) is 0 Å². The first-order valence-electron chi connectivity index (χ1n) is 3.16. The maximum absolute atomic E-state index is 5.39. The largest absolute Gasteiger partial charge is 0.330 e. The Bertz CT molecular complexity index is 45.8. The molecule has 0 aromatic heterocycles. The fourth-order valence-electron chi connectivity index (χ4n) is 0.509. The normalized spacial score (nSPS) is 13.9. The molecule has 0 aromatic rings. The Hall–Kier alpha value is -0.0800. The van der Waals surface area contributed by atoms with Gasteiger partial charge < -0.3 is 11.1 Å². The summed E-state index contributed by atoms with van der Waals surface area (Å²) in [5, 5.41) is 3.08. The lowest BCUT2D eigenvalue weighted by Crippen LogP contribution is -2.17. The zero-order valence-electron chi connectivity index (χ0n) is 5.78. The standard InChI is InChI=1S/C6H16N2/c1-6(5-7)3-4-8-2/h6,8H,3-5,7H2,1-2H3. The van der Waals surface area contributed by atoms with Crippen molar-refractivity contribution in [3.8, 4) is 0 Å². The number of rotatable bonds is 4. The minimum atomic E-state index is 0.669. The van der Waals surface area contributed by atoms with Gasteiger partial charge in [0.2, 0.25) is 0 Å². The van der Waals surface area contributed by atoms with Crippen LogP contribution in [0.3, 0.4) is 0 Å². The Morgan fingerprint density at radius 2 is 2.25 bits per heavy atom. The first-order valence-corrected chi connectivity index (χ1v) is 3.16. The SMILES string of the molecule is CNCCC(C)CN. The van der Waals surface area contributed by atoms with Crippen LogP contribution in [0.5, 0.6) is 0 Å². The van der Waals surface area contributed by atoms with Crippen molar-refractivity contribution >= 4 is 0 Å². The summed E-state index contributed by atoms with van der Waals surface area (Å²) in [6.07, 6.45) is 1.19. The zero-order valence-corrected chi connectivity index (χ0v) is 5.78. The summed E-state index contributed by atoms with van der Waals surface area (Å²) in [6, 6.07) is 0. The number of nitrogens with two attached hydrogens (primary N) is 1. The van der Waals surface area contributed by atoms with Crippen molar-refractivity contribution in [2.75, 3.05) is 20.1 Å². The lowest BCUT2D eigenvalue weighted by molar-refractivity contribution is 0.527. The summed E-state index contributed by atoms with van der Waals surface area (Å²) in [6.45, 7) is 4.05. The molecule has 0 aliphatic heterocycles. The molecule has 1 unspecified atom stereocenters. The molecule has 0 rings (SSSR count). The van der Waals surface area contributed by atoms with Gasteiger partial charge in [-0.25, -0.2) is 0 Å². The van der Waals surface area contributed by atoms with Gasteiger partial charge in [-0.15, -0.1) is 0 Å². The Labute approximate surface area is 51.5 Å². The third kappa shape index (κ3) is 4.09. The van der Waals surface area contributed by atoms with E-state index in [4.69, 9.17) is 5.73 Å². The van der Waals surface area contributed by atoms with Crippen molar-refractivity contribution < 1.29 is 0 Å². The second-order valence-electron chi connectivity index (χ2n) is 2.23. The number of hydrogen-bond donors (Lipinski definition) is 2. The van der Waals surface area contributed by atoms with E-state index in [1.807, 2.05) is 7.05 Å². The van der Waals surface area contributed by atoms with Gasteiger partial charge in [0.05, 0.1) is 0 Å². The molecule has 0 bridgehead atoms. The number of hydrogen-bond acceptors (Lipinski definition) is 2. The molecular weight excluding hydrogens is 100 g/mol. The fraction of sp³-hybridized carbons (Fsp3) is 1.00. The molecule has 0 aliphatic carbocycles. The zero-order chi connectivity index (χ0) is 6.41. The summed E-state index contributed by atoms with van der Waals surface area (Å²) in [5.41, 5.74) is 5.39. The van der Waals surface area contributed by atoms with Gasteiger partial charge in [-0.1, -0.05) is 6.92 Å². The van der Waals surface area contributed by atoms with E-state index in [2.05, 4.69) is 12.2 Å². The van der Waals surface area contributed by atoms with E-state index in [0.29, 0.717) is 5.92 Å². The second-order valence-corrected chi connectivity index (χ2v) is 2.23. The summed E-state index contributed by atoms with van der Waals surface area (Å²) in [5.74, 6) is 0.669. The number of nitrogens with one attached hydrogen (secondary N) is 1. The third-order valence-electron chi connectivity index (χ3n) is 1.29. The first kappa shape index (κ1) is 7.92. The molecule has 8 heavy (non-hydrogen) atoms. The van der Waals surface area contributed by atoms with Crippen LogP contribution in [0.15, 0.2) is 0 Å². The van der Waals surface area contributed by atoms with Crippen LogP contribution in [0.2, 0.25) is 0 Å². The van der Waals surface area contributed by atoms with Gasteiger partial charge in [0.1, 0.15) is 0 Å². The van der Waals surface area contributed by atoms with Crippen LogP contribution in [0, 0.1) is 5.92 Å². The molecule has 0 aliphatic rings. The molecule has 0 heterocycles. The van der Waals surface area contributed by atoms with Crippen LogP contribution in [0.1, 0.15) is 13.3 Å². The maximum atomic E-state index is 5.39. The van der Waals surface area contributed by atoms with Crippen LogP contribution in [0.25, 0.3) is 0 Å². The van der Waals surface area contributed by atoms with Gasteiger partial charge in [0, 0.05) is 0 Å². The highest BCUT2D eigenvalue weighted by Gasteiger charge is 1.94. The molecule has 3 N–H and O–H groups in total. The van der Waals surface area contributed by atoms with E-state index in [1.54, 1.807) is 0 Å². The minimum absolute atomic E-state index is 0.669. The summed E-state index contributed by atoms with van der Waals surface area (Å²) in [7, 11) is 1.96. The Kier molecular flexibility index (Phi) is 5.01. The van der Waals surface area contributed by atoms with Crippen molar-refractivity contribution in [3.05, 3.63) is 0 Å². The highest BCUT2D eigenvalue weighted by molar-refractivity contribution is 4.53. The monoisotopic (exact) mass is 116 g/mol. The molecule has 0 fully saturated rings. The van der Waals surface area contributed by atoms with Crippen molar-refractivity contribution in [2.24, 2.45) is 11.7 Å². The molecule has 50 valence electrons. The third-order valence-corrected chi connectivity index (χ3v) is 1.29. The molecule has 0 saturated heterocycles. The predicted octanol–water partition coefficient (Wildman–Crippen LogP) is 0.191. The Balaban J connectivity index is 2.86. The predicted molar refractivity (Wildman–Crippen MR) is 36.8 cm³/mol. The van der Waals surface area contributed by atoms with E-state index < -0.39 is 0 Å². The molecule has 0 radical (unpaired) electrons. The van der Waals surface area contributed by atoms with Gasteiger partial charge in [0.25, 0.3) is 0 Å². The lowest BCUT2D eigenvalue weighted by Gasteiger charge is -2.05. The first-order chi connectivity index (χ1) is 3.81. The van der Waals surface area contributed by atoms with Gasteiger partial charge in [-0.3, -0.25) is 0 Å². The molecule has 0 spiro atoms. The average Bonchev–Trinajstić information content (AvgIpc) is 1.83. The van der Waals surface area contributed by atoms with E-state index >= 15 is 0 Å². The molecule has 2 nitrogen and oxygen atoms in total. The van der Waals surface area contributed by atoms with Crippen molar-refractivity contribution in [3.63, 3.8) is 0 Å². The topological polar surface area (TPSA) is 38.0 Å². The molecule has 0 saturated carbocycles. The Morgan fingerprint density at radius 3 is 2.62 bits per heavy atom. The lowest BCUT2D eigenvalue weighted by atomic mass is 10.1. The Morgan fingerprint density at radius 1 is 1.62 bits per heavy atom. The summed E-state index contributed by atoms with van der Waals surface area (Å²) >= 11 is 0. The van der Waals surface area contributed by atoms with E-state index in [1.165, 1.54) is 6.42 Å². The summed E-state index contributed by atoms with van der Waals surface area (Å²) in [4.78, 5) is 0. The van der Waals surface area contributed by atoms with Crippen LogP contribution in [-0.4, -0.2) is 20.1 Å². The highest BCUT2D eigenvalue weighted by Crippen LogP contribution is 1.94. The van der Waals surface area contributed by atoms with Crippen molar-refractivity contribution in [1.82, 2.24) is 5.32 Å². The van der Waals surface area contributed by atoms with Crippen LogP contribution < -0.4 is 11.1 Å². The average molecular weight is 116 g/mol. The van der Waals surface area contributed by atoms with Crippen molar-refractivity contribution in [2.45, 2.75) is 13.3 Å². The van der Waals surface area contributed by atoms with Crippen LogP contribution in [-0.2, 0) is 0 Å². The summed E-state index contributed by atoms with van der Waals surface area (Å²) < 4.78 is 0. The van der Waals surface area contributed by atoms with Crippen molar-refractivity contribution in [1.29, 1.82) is 0 Å². The smallest absolute Gasteiger partial charge is 0.00489 e. The highest BCUT2D eigenvalue weighted by atomic mass is 14.8. The van der Waals surface area contributed by atoms with E-state index in [9.17, 15) is 0 Å². The molecule has 1 atom stereocenters. The molecular formula is C6H16N2. The fourth-order valence-corrected chi connectivity index (χ4v) is 0.509. The minimum Gasteiger partial charge on any atom is -0.330 e. The maximum Gasteiger partial charge on any atom is -0.00489 e. The van der Waals surface area contributed by atoms with Gasteiger partial charge in [-0.2, -0.15) is 0 Å². The van der Waals surface area contributed by atoms with E-state index in [0.717, 1.165) is 13.1 Å². The molecule has 0 amide bonds. The van der Waals surface area contributed by atoms with Crippen LogP contribution >= 0.6 is 0 Å². The van der Waals surface area contributed by atoms with Crippen LogP contribution in [0.4, 0.5) is 0 Å². The second kappa shape index (κ2) is 5.06. The molecule has 2 heteroatoms. The van der Waals surface area contributed by atoms with Gasteiger partial charge >= 0.3 is 0 Å².